The van der Waals surface area contributed by atoms with Gasteiger partial charge in [-0.3, -0.25) is 0 Å². The second-order valence-corrected chi connectivity index (χ2v) is 3.31. The molecule has 0 aliphatic carbocycles. The van der Waals surface area contributed by atoms with Gasteiger partial charge >= 0.3 is 6.18 Å². The maximum atomic E-state index is 12.1. The summed E-state index contributed by atoms with van der Waals surface area (Å²) >= 11 is 0. The van der Waals surface area contributed by atoms with Gasteiger partial charge in [0.15, 0.2) is 0 Å². The van der Waals surface area contributed by atoms with Gasteiger partial charge in [0.25, 0.3) is 0 Å². The average molecular weight is 220 g/mol. The van der Waals surface area contributed by atoms with E-state index in [9.17, 15) is 18.0 Å². The lowest BCUT2D eigenvalue weighted by Gasteiger charge is -2.00. The van der Waals surface area contributed by atoms with Crippen molar-refractivity contribution < 1.29 is 18.0 Å². The number of imidazole rings is 1. The number of H-pyrrole nitrogens is 1. The summed E-state index contributed by atoms with van der Waals surface area (Å²) in [5, 5.41) is 0. The van der Waals surface area contributed by atoms with Crippen molar-refractivity contribution in [3.8, 4) is 0 Å². The van der Waals surface area contributed by atoms with Gasteiger partial charge in [0, 0.05) is 18.3 Å². The lowest BCUT2D eigenvalue weighted by Crippen LogP contribution is -2.07. The molecule has 0 fully saturated rings. The van der Waals surface area contributed by atoms with E-state index in [1.807, 2.05) is 0 Å². The van der Waals surface area contributed by atoms with E-state index in [2.05, 4.69) is 9.97 Å². The van der Waals surface area contributed by atoms with Crippen LogP contribution in [0.1, 0.15) is 31.3 Å². The number of Topliss-reactive ketones (excluding diaryl/α,β-unsaturated/α-hetero) is 1. The summed E-state index contributed by atoms with van der Waals surface area (Å²) in [6.07, 6.45) is -1.96. The highest BCUT2D eigenvalue weighted by atomic mass is 19.4. The van der Waals surface area contributed by atoms with E-state index < -0.39 is 12.0 Å². The summed E-state index contributed by atoms with van der Waals surface area (Å²) in [7, 11) is 0. The van der Waals surface area contributed by atoms with Gasteiger partial charge in [0.2, 0.25) is 5.82 Å². The van der Waals surface area contributed by atoms with Crippen LogP contribution in [0.15, 0.2) is 6.20 Å². The summed E-state index contributed by atoms with van der Waals surface area (Å²) in [5.74, 6) is -0.953. The standard InChI is InChI=1S/C9H11F3N2O/c1-6(15)3-2-4-7-5-13-8(14-7)9(10,11)12/h5H,2-4H2,1H3,(H,13,14). The Bertz CT molecular complexity index is 343. The molecule has 1 rings (SSSR count). The molecule has 0 aromatic carbocycles. The number of aromatic nitrogens is 2. The molecule has 0 aliphatic rings. The molecule has 0 spiro atoms. The van der Waals surface area contributed by atoms with Crippen LogP contribution < -0.4 is 0 Å². The molecule has 1 aromatic heterocycles. The summed E-state index contributed by atoms with van der Waals surface area (Å²) in [6.45, 7) is 1.45. The summed E-state index contributed by atoms with van der Waals surface area (Å²) < 4.78 is 36.3. The fourth-order valence-corrected chi connectivity index (χ4v) is 1.16. The highest BCUT2D eigenvalue weighted by Gasteiger charge is 2.34. The number of alkyl halides is 3. The lowest BCUT2D eigenvalue weighted by molar-refractivity contribution is -0.144. The topological polar surface area (TPSA) is 45.8 Å². The number of nitrogens with zero attached hydrogens (tertiary/aromatic N) is 1. The smallest absolute Gasteiger partial charge is 0.338 e. The highest BCUT2D eigenvalue weighted by Crippen LogP contribution is 2.26. The fourth-order valence-electron chi connectivity index (χ4n) is 1.16. The highest BCUT2D eigenvalue weighted by molar-refractivity contribution is 5.75. The second-order valence-electron chi connectivity index (χ2n) is 3.31. The summed E-state index contributed by atoms with van der Waals surface area (Å²) in [6, 6.07) is 0. The molecular formula is C9H11F3N2O. The minimum absolute atomic E-state index is 0.0329. The monoisotopic (exact) mass is 220 g/mol. The third kappa shape index (κ3) is 3.73. The molecule has 1 N–H and O–H groups in total. The zero-order chi connectivity index (χ0) is 11.5. The van der Waals surface area contributed by atoms with Crippen molar-refractivity contribution >= 4 is 5.78 Å². The predicted octanol–water partition coefficient (Wildman–Crippen LogP) is 2.34. The molecule has 0 saturated carbocycles. The first-order valence-corrected chi connectivity index (χ1v) is 4.50. The predicted molar refractivity (Wildman–Crippen MR) is 47.2 cm³/mol. The van der Waals surface area contributed by atoms with Crippen molar-refractivity contribution in [2.45, 2.75) is 32.4 Å². The molecule has 0 radical (unpaired) electrons. The minimum atomic E-state index is -4.43. The van der Waals surface area contributed by atoms with Crippen molar-refractivity contribution in [2.24, 2.45) is 0 Å². The molecule has 0 amide bonds. The molecule has 84 valence electrons. The molecule has 0 saturated heterocycles. The van der Waals surface area contributed by atoms with E-state index in [4.69, 9.17) is 0 Å². The van der Waals surface area contributed by atoms with E-state index in [0.29, 0.717) is 25.0 Å². The Balaban J connectivity index is 2.50. The van der Waals surface area contributed by atoms with E-state index in [1.165, 1.54) is 6.92 Å². The van der Waals surface area contributed by atoms with Gasteiger partial charge in [-0.2, -0.15) is 13.2 Å². The third-order valence-corrected chi connectivity index (χ3v) is 1.87. The van der Waals surface area contributed by atoms with Crippen LogP contribution in [-0.4, -0.2) is 15.8 Å². The number of nitrogens with one attached hydrogen (secondary N) is 1. The lowest BCUT2D eigenvalue weighted by atomic mass is 10.1. The number of aromatic amines is 1. The minimum Gasteiger partial charge on any atom is -0.338 e. The Morgan fingerprint density at radius 1 is 1.53 bits per heavy atom. The van der Waals surface area contributed by atoms with E-state index in [0.717, 1.165) is 6.20 Å². The molecule has 3 nitrogen and oxygen atoms in total. The first kappa shape index (κ1) is 11.7. The van der Waals surface area contributed by atoms with Gasteiger partial charge in [-0.05, 0) is 19.8 Å². The van der Waals surface area contributed by atoms with E-state index in [-0.39, 0.29) is 5.78 Å². The molecule has 0 aliphatic heterocycles. The van der Waals surface area contributed by atoms with Crippen LogP contribution in [0.5, 0.6) is 0 Å². The Hall–Kier alpha value is -1.33. The van der Waals surface area contributed by atoms with Crippen molar-refractivity contribution in [2.75, 3.05) is 0 Å². The zero-order valence-corrected chi connectivity index (χ0v) is 8.19. The van der Waals surface area contributed by atoms with Crippen LogP contribution in [-0.2, 0) is 17.4 Å². The van der Waals surface area contributed by atoms with Gasteiger partial charge < -0.3 is 9.78 Å². The molecule has 1 aromatic rings. The SMILES string of the molecule is CC(=O)CCCc1cnc(C(F)(F)F)[nH]1. The molecular weight excluding hydrogens is 209 g/mol. The van der Waals surface area contributed by atoms with Crippen molar-refractivity contribution in [3.05, 3.63) is 17.7 Å². The Kier molecular flexibility index (Phi) is 3.49. The Labute approximate surface area is 84.7 Å². The van der Waals surface area contributed by atoms with Crippen LogP contribution in [0.25, 0.3) is 0 Å². The number of aryl methyl sites for hydroxylation is 1. The van der Waals surface area contributed by atoms with E-state index >= 15 is 0 Å². The number of carbonyl (C=O) groups is 1. The number of rotatable bonds is 4. The normalized spacial score (nSPS) is 11.7. The third-order valence-electron chi connectivity index (χ3n) is 1.87. The maximum Gasteiger partial charge on any atom is 0.449 e. The number of carbonyl (C=O) groups excluding carboxylic acids is 1. The van der Waals surface area contributed by atoms with Crippen molar-refractivity contribution in [3.63, 3.8) is 0 Å². The van der Waals surface area contributed by atoms with Gasteiger partial charge in [0.1, 0.15) is 5.78 Å². The molecule has 1 heterocycles. The van der Waals surface area contributed by atoms with Crippen LogP contribution in [0.3, 0.4) is 0 Å². The van der Waals surface area contributed by atoms with Gasteiger partial charge in [-0.1, -0.05) is 0 Å². The Morgan fingerprint density at radius 3 is 2.67 bits per heavy atom. The van der Waals surface area contributed by atoms with Crippen LogP contribution in [0.2, 0.25) is 0 Å². The van der Waals surface area contributed by atoms with Gasteiger partial charge in [0.05, 0.1) is 0 Å². The maximum absolute atomic E-state index is 12.1. The van der Waals surface area contributed by atoms with Gasteiger partial charge in [-0.25, -0.2) is 4.98 Å². The molecule has 15 heavy (non-hydrogen) atoms. The van der Waals surface area contributed by atoms with Crippen LogP contribution in [0.4, 0.5) is 13.2 Å². The average Bonchev–Trinajstić information content (AvgIpc) is 2.51. The largest absolute Gasteiger partial charge is 0.449 e. The summed E-state index contributed by atoms with van der Waals surface area (Å²) in [4.78, 5) is 16.0. The van der Waals surface area contributed by atoms with Crippen molar-refractivity contribution in [1.82, 2.24) is 9.97 Å². The number of hydrogen-bond donors (Lipinski definition) is 1. The number of halogens is 3. The first-order chi connectivity index (χ1) is 6.89. The number of ketones is 1. The van der Waals surface area contributed by atoms with E-state index in [1.54, 1.807) is 0 Å². The van der Waals surface area contributed by atoms with Crippen LogP contribution in [0, 0.1) is 0 Å². The second kappa shape index (κ2) is 4.46. The van der Waals surface area contributed by atoms with Crippen molar-refractivity contribution in [1.29, 1.82) is 0 Å². The molecule has 0 unspecified atom stereocenters. The quantitative estimate of drug-likeness (QED) is 0.846. The van der Waals surface area contributed by atoms with Crippen LogP contribution >= 0.6 is 0 Å². The summed E-state index contributed by atoms with van der Waals surface area (Å²) in [5.41, 5.74) is 0.406. The zero-order valence-electron chi connectivity index (χ0n) is 8.19. The number of hydrogen-bond acceptors (Lipinski definition) is 2. The molecule has 0 bridgehead atoms. The Morgan fingerprint density at radius 2 is 2.20 bits per heavy atom. The fraction of sp³-hybridized carbons (Fsp3) is 0.556. The molecule has 0 atom stereocenters. The first-order valence-electron chi connectivity index (χ1n) is 4.50. The van der Waals surface area contributed by atoms with Gasteiger partial charge in [-0.15, -0.1) is 0 Å². The molecule has 6 heteroatoms.